The zero-order chi connectivity index (χ0) is 19.0. The molecule has 0 aliphatic heterocycles. The van der Waals surface area contributed by atoms with Gasteiger partial charge >= 0.3 is 0 Å². The predicted molar refractivity (Wildman–Crippen MR) is 106 cm³/mol. The van der Waals surface area contributed by atoms with E-state index in [2.05, 4.69) is 36.4 Å². The highest BCUT2D eigenvalue weighted by atomic mass is 79.9. The van der Waals surface area contributed by atoms with Gasteiger partial charge in [-0.3, -0.25) is 9.89 Å². The number of furan rings is 1. The third kappa shape index (κ3) is 3.38. The summed E-state index contributed by atoms with van der Waals surface area (Å²) in [5.74, 6) is 1.17. The largest absolute Gasteiger partial charge is 0.451 e. The van der Waals surface area contributed by atoms with Gasteiger partial charge in [-0.25, -0.2) is 4.98 Å². The molecule has 1 amide bonds. The lowest BCUT2D eigenvalue weighted by Crippen LogP contribution is -2.30. The van der Waals surface area contributed by atoms with Crippen LogP contribution in [-0.2, 0) is 0 Å². The molecule has 1 atom stereocenters. The smallest absolute Gasteiger partial charge is 0.288 e. The Morgan fingerprint density at radius 2 is 1.96 bits per heavy atom. The summed E-state index contributed by atoms with van der Waals surface area (Å²) < 4.78 is 6.75. The van der Waals surface area contributed by atoms with Crippen LogP contribution in [0.1, 0.15) is 39.4 Å². The van der Waals surface area contributed by atoms with Gasteiger partial charge < -0.3 is 9.73 Å². The van der Waals surface area contributed by atoms with Crippen LogP contribution in [0, 0.1) is 13.8 Å². The highest BCUT2D eigenvalue weighted by molar-refractivity contribution is 9.10. The summed E-state index contributed by atoms with van der Waals surface area (Å²) in [6.45, 7) is 3.70. The molecule has 0 saturated carbocycles. The van der Waals surface area contributed by atoms with Crippen molar-refractivity contribution in [3.8, 4) is 0 Å². The van der Waals surface area contributed by atoms with Crippen molar-refractivity contribution in [2.24, 2.45) is 0 Å². The highest BCUT2D eigenvalue weighted by Crippen LogP contribution is 2.29. The standard InChI is InChI=1S/C20H17BrN4O2/c1-11-15-10-14(21)8-9-16(15)27-18(11)20(26)23-17(13-6-4-3-5-7-13)19-22-12(2)24-25-19/h3-10,17H,1-2H3,(H,23,26)(H,22,24,25). The first-order valence-corrected chi connectivity index (χ1v) is 9.25. The van der Waals surface area contributed by atoms with E-state index in [0.717, 1.165) is 21.0 Å². The second kappa shape index (κ2) is 7.00. The maximum absolute atomic E-state index is 13.0. The Kier molecular flexibility index (Phi) is 4.53. The number of nitrogens with zero attached hydrogens (tertiary/aromatic N) is 2. The lowest BCUT2D eigenvalue weighted by atomic mass is 10.1. The van der Waals surface area contributed by atoms with Gasteiger partial charge in [0.2, 0.25) is 0 Å². The number of rotatable bonds is 4. The molecular weight excluding hydrogens is 408 g/mol. The number of benzene rings is 2. The van der Waals surface area contributed by atoms with E-state index >= 15 is 0 Å². The molecule has 0 radical (unpaired) electrons. The molecule has 0 aliphatic rings. The number of H-pyrrole nitrogens is 1. The van der Waals surface area contributed by atoms with Crippen LogP contribution in [0.4, 0.5) is 0 Å². The summed E-state index contributed by atoms with van der Waals surface area (Å²) in [4.78, 5) is 17.4. The van der Waals surface area contributed by atoms with E-state index < -0.39 is 6.04 Å². The van der Waals surface area contributed by atoms with E-state index in [1.54, 1.807) is 0 Å². The molecule has 0 saturated heterocycles. The van der Waals surface area contributed by atoms with Crippen molar-refractivity contribution in [2.75, 3.05) is 0 Å². The summed E-state index contributed by atoms with van der Waals surface area (Å²) in [6, 6.07) is 14.8. The van der Waals surface area contributed by atoms with Crippen LogP contribution in [0.3, 0.4) is 0 Å². The molecule has 27 heavy (non-hydrogen) atoms. The van der Waals surface area contributed by atoms with Gasteiger partial charge in [0.15, 0.2) is 11.6 Å². The zero-order valence-corrected chi connectivity index (χ0v) is 16.4. The van der Waals surface area contributed by atoms with Crippen molar-refractivity contribution in [1.82, 2.24) is 20.5 Å². The molecule has 6 nitrogen and oxygen atoms in total. The number of aryl methyl sites for hydroxylation is 2. The molecule has 0 aliphatic carbocycles. The first kappa shape index (κ1) is 17.5. The molecule has 136 valence electrons. The molecule has 1 unspecified atom stereocenters. The van der Waals surface area contributed by atoms with Crippen molar-refractivity contribution in [1.29, 1.82) is 0 Å². The lowest BCUT2D eigenvalue weighted by molar-refractivity contribution is 0.0915. The van der Waals surface area contributed by atoms with Crippen LogP contribution in [0.25, 0.3) is 11.0 Å². The van der Waals surface area contributed by atoms with Gasteiger partial charge in [0.25, 0.3) is 5.91 Å². The fourth-order valence-corrected chi connectivity index (χ4v) is 3.40. The zero-order valence-electron chi connectivity index (χ0n) is 14.8. The number of carbonyl (C=O) groups excluding carboxylic acids is 1. The third-order valence-electron chi connectivity index (χ3n) is 4.39. The Labute approximate surface area is 164 Å². The fourth-order valence-electron chi connectivity index (χ4n) is 3.04. The number of hydrogen-bond donors (Lipinski definition) is 2. The Morgan fingerprint density at radius 1 is 1.19 bits per heavy atom. The normalized spacial score (nSPS) is 12.3. The average Bonchev–Trinajstić information content (AvgIpc) is 3.24. The molecule has 4 rings (SSSR count). The number of halogens is 1. The van der Waals surface area contributed by atoms with Crippen molar-refractivity contribution in [2.45, 2.75) is 19.9 Å². The molecular formula is C20H17BrN4O2. The van der Waals surface area contributed by atoms with Gasteiger partial charge in [0.1, 0.15) is 17.4 Å². The molecule has 0 fully saturated rings. The number of aromatic nitrogens is 3. The maximum Gasteiger partial charge on any atom is 0.288 e. The fraction of sp³-hybridized carbons (Fsp3) is 0.150. The van der Waals surface area contributed by atoms with Crippen molar-refractivity contribution in [3.05, 3.63) is 81.5 Å². The molecule has 2 aromatic heterocycles. The molecule has 4 aromatic rings. The number of carbonyl (C=O) groups is 1. The minimum atomic E-state index is -0.483. The van der Waals surface area contributed by atoms with Crippen LogP contribution in [0.15, 0.2) is 57.4 Å². The van der Waals surface area contributed by atoms with E-state index in [-0.39, 0.29) is 11.7 Å². The summed E-state index contributed by atoms with van der Waals surface area (Å²) >= 11 is 3.45. The van der Waals surface area contributed by atoms with E-state index in [1.165, 1.54) is 0 Å². The second-order valence-corrected chi connectivity index (χ2v) is 7.21. The molecule has 2 N–H and O–H groups in total. The summed E-state index contributed by atoms with van der Waals surface area (Å²) in [6.07, 6.45) is 0. The van der Waals surface area contributed by atoms with Gasteiger partial charge in [-0.05, 0) is 37.6 Å². The number of nitrogens with one attached hydrogen (secondary N) is 2. The number of amides is 1. The second-order valence-electron chi connectivity index (χ2n) is 6.29. The molecule has 0 bridgehead atoms. The first-order valence-electron chi connectivity index (χ1n) is 8.46. The topological polar surface area (TPSA) is 83.8 Å². The molecule has 0 spiro atoms. The SMILES string of the molecule is Cc1nc(C(NC(=O)c2oc3ccc(Br)cc3c2C)c2ccccc2)n[nH]1. The number of hydrogen-bond acceptors (Lipinski definition) is 4. The van der Waals surface area contributed by atoms with E-state index in [0.29, 0.717) is 17.2 Å². The summed E-state index contributed by atoms with van der Waals surface area (Å²) in [5.41, 5.74) is 2.36. The third-order valence-corrected chi connectivity index (χ3v) is 4.88. The van der Waals surface area contributed by atoms with E-state index in [1.807, 2.05) is 62.4 Å². The van der Waals surface area contributed by atoms with Crippen LogP contribution in [0.2, 0.25) is 0 Å². The van der Waals surface area contributed by atoms with E-state index in [9.17, 15) is 4.79 Å². The first-order chi connectivity index (χ1) is 13.0. The van der Waals surface area contributed by atoms with Gasteiger partial charge in [0.05, 0.1) is 0 Å². The Bertz CT molecular complexity index is 1120. The van der Waals surface area contributed by atoms with Gasteiger partial charge in [0, 0.05) is 15.4 Å². The van der Waals surface area contributed by atoms with Crippen molar-refractivity contribution in [3.63, 3.8) is 0 Å². The Morgan fingerprint density at radius 3 is 2.67 bits per heavy atom. The summed E-state index contributed by atoms with van der Waals surface area (Å²) in [7, 11) is 0. The monoisotopic (exact) mass is 424 g/mol. The van der Waals surface area contributed by atoms with Crippen LogP contribution in [0.5, 0.6) is 0 Å². The van der Waals surface area contributed by atoms with Gasteiger partial charge in [-0.1, -0.05) is 46.3 Å². The molecule has 2 aromatic carbocycles. The molecule has 2 heterocycles. The molecule has 7 heteroatoms. The summed E-state index contributed by atoms with van der Waals surface area (Å²) in [5, 5.41) is 11.0. The minimum absolute atomic E-state index is 0.288. The average molecular weight is 425 g/mol. The van der Waals surface area contributed by atoms with Crippen LogP contribution >= 0.6 is 15.9 Å². The lowest BCUT2D eigenvalue weighted by Gasteiger charge is -2.15. The van der Waals surface area contributed by atoms with Gasteiger partial charge in [-0.2, -0.15) is 5.10 Å². The van der Waals surface area contributed by atoms with Crippen LogP contribution < -0.4 is 5.32 Å². The Hall–Kier alpha value is -2.93. The highest BCUT2D eigenvalue weighted by Gasteiger charge is 2.25. The quantitative estimate of drug-likeness (QED) is 0.506. The Balaban J connectivity index is 1.71. The maximum atomic E-state index is 13.0. The van der Waals surface area contributed by atoms with Gasteiger partial charge in [-0.15, -0.1) is 0 Å². The van der Waals surface area contributed by atoms with Crippen molar-refractivity contribution < 1.29 is 9.21 Å². The van der Waals surface area contributed by atoms with E-state index in [4.69, 9.17) is 4.42 Å². The number of fused-ring (bicyclic) bond motifs is 1. The predicted octanol–water partition coefficient (Wildman–Crippen LogP) is 4.45. The minimum Gasteiger partial charge on any atom is -0.451 e. The number of aromatic amines is 1. The van der Waals surface area contributed by atoms with Crippen molar-refractivity contribution >= 4 is 32.8 Å². The van der Waals surface area contributed by atoms with Crippen LogP contribution in [-0.4, -0.2) is 21.1 Å².